The molecule has 0 unspecified atom stereocenters. The minimum absolute atomic E-state index is 0.447. The van der Waals surface area contributed by atoms with Crippen LogP contribution in [0.5, 0.6) is 0 Å². The van der Waals surface area contributed by atoms with Gasteiger partial charge in [0.2, 0.25) is 0 Å². The molecule has 0 radical (unpaired) electrons. The molecule has 0 atom stereocenters. The molecule has 0 spiro atoms. The molecule has 0 bridgehead atoms. The van der Waals surface area contributed by atoms with Crippen molar-refractivity contribution >= 4 is 34.4 Å². The summed E-state index contributed by atoms with van der Waals surface area (Å²) in [5, 5.41) is 10.3. The van der Waals surface area contributed by atoms with Gasteiger partial charge in [0.15, 0.2) is 0 Å². The molecule has 0 amide bonds. The Kier molecular flexibility index (Phi) is 5.33. The van der Waals surface area contributed by atoms with Crippen molar-refractivity contribution in [2.24, 2.45) is 5.92 Å². The van der Waals surface area contributed by atoms with Crippen molar-refractivity contribution in [1.29, 1.82) is 5.41 Å². The lowest BCUT2D eigenvalue weighted by atomic mass is 10.0. The van der Waals surface area contributed by atoms with Crippen LogP contribution in [0.1, 0.15) is 18.4 Å². The van der Waals surface area contributed by atoms with Crippen molar-refractivity contribution in [2.75, 3.05) is 19.8 Å². The smallest absolute Gasteiger partial charge is 0.129 e. The van der Waals surface area contributed by atoms with Gasteiger partial charge in [0.25, 0.3) is 0 Å². The van der Waals surface area contributed by atoms with Crippen LogP contribution < -0.4 is 5.32 Å². The average molecular weight is 332 g/mol. The van der Waals surface area contributed by atoms with Crippen molar-refractivity contribution in [3.05, 3.63) is 41.3 Å². The van der Waals surface area contributed by atoms with Crippen LogP contribution in [0.2, 0.25) is 5.15 Å². The lowest BCUT2D eigenvalue weighted by molar-refractivity contribution is -0.594. The number of hydrogen-bond acceptors (Lipinski definition) is 4. The van der Waals surface area contributed by atoms with Crippen LogP contribution >= 0.6 is 11.6 Å². The third kappa shape index (κ3) is 4.13. The number of ether oxygens (including phenoxy) is 1. The van der Waals surface area contributed by atoms with E-state index in [1.807, 2.05) is 18.3 Å². The second-order valence-corrected chi connectivity index (χ2v) is 6.08. The Morgan fingerprint density at radius 2 is 2.17 bits per heavy atom. The molecule has 0 saturated carbocycles. The first-order chi connectivity index (χ1) is 11.3. The molecule has 2 aromatic heterocycles. The standard InChI is InChI=1S/C17H19ClN4O/c18-17-2-1-15-16(22-17)7-13(11-21-15)14(8-19)10-20-9-12-3-5-23-6-4-12/h1-2,7-8,10-12,19-20H,3-6,9H2/p+1. The van der Waals surface area contributed by atoms with E-state index in [4.69, 9.17) is 21.7 Å². The fraction of sp³-hybridized carbons (Fsp3) is 0.353. The predicted molar refractivity (Wildman–Crippen MR) is 91.6 cm³/mol. The van der Waals surface area contributed by atoms with E-state index in [-0.39, 0.29) is 0 Å². The number of hydrogen-bond donors (Lipinski definition) is 2. The monoisotopic (exact) mass is 331 g/mol. The second-order valence-electron chi connectivity index (χ2n) is 5.69. The summed E-state index contributed by atoms with van der Waals surface area (Å²) in [6, 6.07) is 5.50. The highest BCUT2D eigenvalue weighted by Crippen LogP contribution is 2.18. The van der Waals surface area contributed by atoms with E-state index >= 15 is 0 Å². The van der Waals surface area contributed by atoms with Gasteiger partial charge in [-0.1, -0.05) is 11.6 Å². The molecular formula is C17H20ClN4O+. The minimum Gasteiger partial charge on any atom is -0.381 e. The summed E-state index contributed by atoms with van der Waals surface area (Å²) in [6.07, 6.45) is 7.36. The topological polar surface area (TPSA) is 75.5 Å². The number of rotatable bonds is 5. The molecule has 6 heteroatoms. The van der Waals surface area contributed by atoms with Gasteiger partial charge in [-0.25, -0.2) is 4.98 Å². The van der Waals surface area contributed by atoms with E-state index in [1.165, 1.54) is 6.21 Å². The maximum atomic E-state index is 7.66. The normalized spacial score (nSPS) is 16.7. The Morgan fingerprint density at radius 1 is 1.35 bits per heavy atom. The number of nitrogens with zero attached hydrogens (tertiary/aromatic N) is 2. The molecular weight excluding hydrogens is 312 g/mol. The summed E-state index contributed by atoms with van der Waals surface area (Å²) in [5.74, 6) is 0.683. The molecule has 0 aromatic carbocycles. The molecule has 1 aliphatic rings. The first-order valence-corrected chi connectivity index (χ1v) is 8.18. The highest BCUT2D eigenvalue weighted by molar-refractivity contribution is 6.29. The van der Waals surface area contributed by atoms with Crippen molar-refractivity contribution in [2.45, 2.75) is 12.8 Å². The summed E-state index contributed by atoms with van der Waals surface area (Å²) in [4.78, 5) is 8.68. The zero-order chi connectivity index (χ0) is 16.1. The van der Waals surface area contributed by atoms with E-state index in [0.717, 1.165) is 54.8 Å². The average Bonchev–Trinajstić information content (AvgIpc) is 2.59. The number of quaternary nitrogens is 1. The van der Waals surface area contributed by atoms with Crippen LogP contribution in [0, 0.1) is 11.3 Å². The van der Waals surface area contributed by atoms with Gasteiger partial charge in [-0.3, -0.25) is 4.98 Å². The highest BCUT2D eigenvalue weighted by atomic mass is 35.5. The fourth-order valence-electron chi connectivity index (χ4n) is 2.74. The fourth-order valence-corrected chi connectivity index (χ4v) is 2.89. The number of pyridine rings is 2. The summed E-state index contributed by atoms with van der Waals surface area (Å²) in [7, 11) is 0. The van der Waals surface area contributed by atoms with Gasteiger partial charge in [0, 0.05) is 37.1 Å². The number of aromatic nitrogens is 2. The van der Waals surface area contributed by atoms with Gasteiger partial charge < -0.3 is 15.5 Å². The van der Waals surface area contributed by atoms with E-state index in [0.29, 0.717) is 11.1 Å². The molecule has 1 fully saturated rings. The quantitative estimate of drug-likeness (QED) is 0.652. The van der Waals surface area contributed by atoms with Crippen molar-refractivity contribution in [3.63, 3.8) is 0 Å². The van der Waals surface area contributed by atoms with Crippen LogP contribution in [-0.4, -0.2) is 35.9 Å². The molecule has 120 valence electrons. The van der Waals surface area contributed by atoms with Crippen molar-refractivity contribution in [3.8, 4) is 0 Å². The molecule has 0 aliphatic carbocycles. The lowest BCUT2D eigenvalue weighted by Crippen LogP contribution is -2.80. The number of allylic oxidation sites excluding steroid dienone is 1. The number of halogens is 1. The van der Waals surface area contributed by atoms with Crippen LogP contribution in [0.4, 0.5) is 0 Å². The first kappa shape index (κ1) is 16.1. The minimum atomic E-state index is 0.447. The molecule has 3 heterocycles. The van der Waals surface area contributed by atoms with Gasteiger partial charge in [-0.05, 0) is 31.0 Å². The number of nitrogens with two attached hydrogens (primary N) is 1. The van der Waals surface area contributed by atoms with Gasteiger partial charge in [0.1, 0.15) is 11.4 Å². The van der Waals surface area contributed by atoms with Gasteiger partial charge in [-0.2, -0.15) is 0 Å². The Labute approximate surface area is 140 Å². The third-order valence-corrected chi connectivity index (χ3v) is 4.31. The largest absolute Gasteiger partial charge is 0.381 e. The van der Waals surface area contributed by atoms with Crippen LogP contribution in [0.15, 0.2) is 30.6 Å². The molecule has 2 aromatic rings. The van der Waals surface area contributed by atoms with Gasteiger partial charge in [-0.15, -0.1) is 0 Å². The third-order valence-electron chi connectivity index (χ3n) is 4.10. The Hall–Kier alpha value is -1.82. The Balaban J connectivity index is 1.74. The Bertz CT molecular complexity index is 726. The Morgan fingerprint density at radius 3 is 2.96 bits per heavy atom. The number of fused-ring (bicyclic) bond motifs is 1. The zero-order valence-corrected chi connectivity index (χ0v) is 13.6. The molecule has 1 aliphatic heterocycles. The van der Waals surface area contributed by atoms with Crippen molar-refractivity contribution in [1.82, 2.24) is 9.97 Å². The first-order valence-electron chi connectivity index (χ1n) is 7.80. The van der Waals surface area contributed by atoms with Gasteiger partial charge in [0.05, 0.1) is 23.2 Å². The summed E-state index contributed by atoms with van der Waals surface area (Å²) < 4.78 is 5.38. The molecule has 5 nitrogen and oxygen atoms in total. The van der Waals surface area contributed by atoms with E-state index < -0.39 is 0 Å². The van der Waals surface area contributed by atoms with Crippen LogP contribution in [0.25, 0.3) is 16.6 Å². The zero-order valence-electron chi connectivity index (χ0n) is 12.8. The molecule has 1 saturated heterocycles. The lowest BCUT2D eigenvalue weighted by Gasteiger charge is -2.19. The predicted octanol–water partition coefficient (Wildman–Crippen LogP) is 2.26. The van der Waals surface area contributed by atoms with E-state index in [9.17, 15) is 0 Å². The van der Waals surface area contributed by atoms with Crippen molar-refractivity contribution < 1.29 is 10.1 Å². The summed E-state index contributed by atoms with van der Waals surface area (Å²) in [5.41, 5.74) is 3.25. The molecule has 3 N–H and O–H groups in total. The van der Waals surface area contributed by atoms with E-state index in [1.54, 1.807) is 12.3 Å². The SMILES string of the molecule is N=CC(=C[NH2+]CC1CCOCC1)c1cnc2ccc(Cl)nc2c1. The highest BCUT2D eigenvalue weighted by Gasteiger charge is 2.15. The van der Waals surface area contributed by atoms with Crippen LogP contribution in [0.3, 0.4) is 0 Å². The van der Waals surface area contributed by atoms with Gasteiger partial charge >= 0.3 is 0 Å². The number of nitrogens with one attached hydrogen (secondary N) is 1. The second kappa shape index (κ2) is 7.64. The van der Waals surface area contributed by atoms with E-state index in [2.05, 4.69) is 15.3 Å². The molecule has 3 rings (SSSR count). The maximum Gasteiger partial charge on any atom is 0.129 e. The maximum absolute atomic E-state index is 7.66. The molecule has 23 heavy (non-hydrogen) atoms. The van der Waals surface area contributed by atoms with Crippen LogP contribution in [-0.2, 0) is 4.74 Å². The summed E-state index contributed by atoms with van der Waals surface area (Å²) in [6.45, 7) is 2.74. The summed E-state index contributed by atoms with van der Waals surface area (Å²) >= 11 is 5.94.